The van der Waals surface area contributed by atoms with Crippen molar-refractivity contribution in [2.24, 2.45) is 0 Å². The Labute approximate surface area is 739 Å². The number of hydrogen-bond donors (Lipinski definition) is 14. The number of aliphatic carboxylic acids is 3. The summed E-state index contributed by atoms with van der Waals surface area (Å²) in [7, 11) is 0. The largest absolute Gasteiger partial charge is 1.00 e. The van der Waals surface area contributed by atoms with Crippen LogP contribution >= 0.6 is 15.9 Å². The number of carboxylic acid groups (broad SMARTS) is 3. The summed E-state index contributed by atoms with van der Waals surface area (Å²) in [5.41, 5.74) is 6.25. The number of rotatable bonds is 39. The van der Waals surface area contributed by atoms with Crippen molar-refractivity contribution in [1.82, 2.24) is 38.9 Å². The number of nitrogens with one attached hydrogen (secondary N) is 5. The van der Waals surface area contributed by atoms with E-state index in [2.05, 4.69) is 64.5 Å². The SMILES string of the molecule is CC(C)(C)OC(=O)CCC(=O)O.CC(C)(C)OC(=O)OC(=O)OC(C)(C)C.CCCCC(=O)[C@H](O)[C@@H](O)C(=O)NCCC.CCCCC(=O)[C@H](OC(=O)CNC(=O)OC(C)(C)C)[C@@H](OC(=O)CNC(=O)OC(C)(C)C)C(=O)NCCC.CCCCC(=O)[C@H](OC(=O)C[NH3+])[C@@H](OC(=O)C[NH3+])C(=O)NCCC.N.O.O=C(O)CBr.[Br-].[Cl-].[Cl-].[NH3+]CC(=O)[O-].[NH4+]. The maximum absolute atomic E-state index is 12.9. The fourth-order valence-electron chi connectivity index (χ4n) is 6.85. The fraction of sp³-hybridized carbons (Fsp3) is 0.753. The average molecular weight is 1930 g/mol. The van der Waals surface area contributed by atoms with Gasteiger partial charge < -0.3 is 181 Å². The lowest BCUT2D eigenvalue weighted by Gasteiger charge is -2.26. The highest BCUT2D eigenvalue weighted by Gasteiger charge is 2.42. The Morgan fingerprint density at radius 1 is 0.380 bits per heavy atom. The van der Waals surface area contributed by atoms with Crippen molar-refractivity contribution in [1.29, 1.82) is 0 Å². The molecular formula is C73H142Br2Cl2N10O34. The van der Waals surface area contributed by atoms with E-state index in [0.29, 0.717) is 51.6 Å². The predicted octanol–water partition coefficient (Wildman–Crippen LogP) is -8.05. The summed E-state index contributed by atoms with van der Waals surface area (Å²) in [6.45, 7) is 35.3. The zero-order valence-corrected chi connectivity index (χ0v) is 78.9. The summed E-state index contributed by atoms with van der Waals surface area (Å²) in [6.07, 6.45) is -7.93. The van der Waals surface area contributed by atoms with Gasteiger partial charge in [-0.05, 0) is 142 Å². The van der Waals surface area contributed by atoms with Crippen LogP contribution in [0.25, 0.3) is 0 Å². The Kier molecular flexibility index (Phi) is 92.2. The number of ether oxygens (including phenoxy) is 10. The molecule has 0 saturated carbocycles. The third-order valence-electron chi connectivity index (χ3n) is 11.8. The summed E-state index contributed by atoms with van der Waals surface area (Å²) in [4.78, 5) is 206. The minimum Gasteiger partial charge on any atom is -1.00 e. The molecule has 48 heteroatoms. The van der Waals surface area contributed by atoms with Gasteiger partial charge in [0.15, 0.2) is 36.5 Å². The minimum atomic E-state index is -1.83. The molecule has 0 saturated heterocycles. The number of unbranched alkanes of at least 4 members (excludes halogenated alkanes) is 3. The number of esters is 5. The molecule has 0 aliphatic rings. The van der Waals surface area contributed by atoms with E-state index in [-0.39, 0.29) is 123 Å². The number of amides is 5. The van der Waals surface area contributed by atoms with Crippen molar-refractivity contribution in [2.45, 2.75) is 300 Å². The third-order valence-corrected chi connectivity index (χ3v) is 12.3. The first-order chi connectivity index (χ1) is 52.8. The molecule has 0 radical (unpaired) electrons. The quantitative estimate of drug-likeness (QED) is 0.0118. The molecule has 0 aromatic rings. The van der Waals surface area contributed by atoms with E-state index in [0.717, 1.165) is 19.3 Å². The van der Waals surface area contributed by atoms with Crippen LogP contribution in [-0.4, -0.2) is 256 Å². The molecule has 44 nitrogen and oxygen atoms in total. The van der Waals surface area contributed by atoms with E-state index < -0.39 is 185 Å². The number of halogens is 4. The normalized spacial score (nSPS) is 11.6. The highest BCUT2D eigenvalue weighted by Crippen LogP contribution is 2.17. The number of aliphatic hydroxyl groups excluding tert-OH is 2. The van der Waals surface area contributed by atoms with E-state index in [1.807, 2.05) is 34.6 Å². The monoisotopic (exact) mass is 1930 g/mol. The summed E-state index contributed by atoms with van der Waals surface area (Å²) in [5.74, 6) is -10.8. The molecule has 0 bridgehead atoms. The van der Waals surface area contributed by atoms with Gasteiger partial charge in [0.05, 0.1) is 18.8 Å². The Balaban J connectivity index is -0.000000111. The number of Topliss-reactive ketones (excluding diaryl/α,β-unsaturated/α-hetero) is 3. The van der Waals surface area contributed by atoms with Crippen LogP contribution in [0.15, 0.2) is 0 Å². The molecule has 27 N–H and O–H groups in total. The second-order valence-corrected chi connectivity index (χ2v) is 29.5. The van der Waals surface area contributed by atoms with Gasteiger partial charge in [-0.25, -0.2) is 28.8 Å². The summed E-state index contributed by atoms with van der Waals surface area (Å²) in [5, 5.41) is 55.9. The van der Waals surface area contributed by atoms with Crippen LogP contribution in [-0.2, 0) is 114 Å². The van der Waals surface area contributed by atoms with Gasteiger partial charge in [-0.15, -0.1) is 0 Å². The van der Waals surface area contributed by atoms with E-state index in [9.17, 15) is 102 Å². The van der Waals surface area contributed by atoms with Crippen LogP contribution < -0.4 is 103 Å². The number of carbonyl (C=O) groups is 18. The molecule has 0 aliphatic carbocycles. The first kappa shape index (κ1) is 141. The van der Waals surface area contributed by atoms with Gasteiger partial charge >= 0.3 is 66.3 Å². The van der Waals surface area contributed by atoms with Crippen LogP contribution in [0.1, 0.15) is 235 Å². The molecule has 0 rings (SSSR count). The number of carbonyl (C=O) groups excluding carboxylic acids is 16. The number of aliphatic hydroxyl groups is 2. The number of carboxylic acids is 3. The Morgan fingerprint density at radius 2 is 0.653 bits per heavy atom. The zero-order chi connectivity index (χ0) is 91.2. The van der Waals surface area contributed by atoms with Crippen molar-refractivity contribution in [3.63, 3.8) is 0 Å². The summed E-state index contributed by atoms with van der Waals surface area (Å²) >= 11 is 2.71. The van der Waals surface area contributed by atoms with E-state index in [1.54, 1.807) is 111 Å². The van der Waals surface area contributed by atoms with Crippen molar-refractivity contribution in [2.75, 3.05) is 57.7 Å². The Bertz CT molecular complexity index is 2830. The van der Waals surface area contributed by atoms with Gasteiger partial charge in [0.2, 0.25) is 24.4 Å². The molecule has 0 unspecified atom stereocenters. The number of alkyl halides is 1. The topological polar surface area (TPSA) is 750 Å². The number of hydrogen-bond acceptors (Lipinski definition) is 32. The second kappa shape index (κ2) is 78.9. The van der Waals surface area contributed by atoms with Gasteiger partial charge in [0.25, 0.3) is 17.7 Å². The van der Waals surface area contributed by atoms with Crippen LogP contribution in [0.4, 0.5) is 19.2 Å². The van der Waals surface area contributed by atoms with E-state index in [4.69, 9.17) is 52.8 Å². The third kappa shape index (κ3) is 93.8. The summed E-state index contributed by atoms with van der Waals surface area (Å²) in [6, 6.07) is 0. The number of ketones is 3. The highest BCUT2D eigenvalue weighted by molar-refractivity contribution is 9.09. The number of quaternary nitrogens is 4. The van der Waals surface area contributed by atoms with Crippen molar-refractivity contribution in [3.8, 4) is 0 Å². The molecule has 121 heavy (non-hydrogen) atoms. The van der Waals surface area contributed by atoms with Crippen LogP contribution in [0.2, 0.25) is 0 Å². The highest BCUT2D eigenvalue weighted by atomic mass is 79.9. The molecule has 0 heterocycles. The predicted molar refractivity (Wildman–Crippen MR) is 424 cm³/mol. The lowest BCUT2D eigenvalue weighted by atomic mass is 10.0. The standard InChI is InChI=1S/C25H43N3O10.C15H27N3O6.C11H21NO4.C10H18O5.C8H14O4.C2H3BrO2.C2H5NO2.BrH.2ClH.2H3N.H2O/c1-9-11-12-16(29)19(35-17(30)14-27-22(33)37-24(3,4)5)20(21(32)26-13-10-2)36-18(31)15-28-23(34)38-25(6,7)8;1-3-5-6-10(19)13(23-11(20)8-16)14(24-12(21)9-17)15(22)18-7-4-2;1-3-5-6-8(13)9(14)10(15)11(16)12-7-4-2;1-9(2,3)14-7(11)13-8(12)15-10(4,5)6;1-8(2,3)12-7(11)5-4-6(9)10;2*3-1-2(4)5;;;;;;/h19-20H,9-15H2,1-8H3,(H,26,32)(H,27,33)(H,28,34);13-14H,3-9,16-17H2,1-2H3,(H,18,22);9-10,14-15H,3-7H2,1-2H3,(H,12,16);1-6H3;4-5H2,1-3H3,(H,9,10);1H2,(H,4,5);1,3H2,(H,4,5);3*1H;2*1H3;1H2/t19-,20+;13-,14+;9-,10+;;;;;;;;;;/m000........../s1. The van der Waals surface area contributed by atoms with Crippen LogP contribution in [0.5, 0.6) is 0 Å². The number of alkyl carbamates (subject to hydrolysis) is 2. The minimum absolute atomic E-state index is 0. The molecular weight excluding hydrogens is 1790 g/mol. The van der Waals surface area contributed by atoms with Gasteiger partial charge in [-0.2, -0.15) is 0 Å². The van der Waals surface area contributed by atoms with E-state index in [1.165, 1.54) is 0 Å². The van der Waals surface area contributed by atoms with Gasteiger partial charge in [0, 0.05) is 38.9 Å². The second-order valence-electron chi connectivity index (χ2n) is 29.0. The van der Waals surface area contributed by atoms with Gasteiger partial charge in [0.1, 0.15) is 59.1 Å². The molecule has 0 aromatic carbocycles. The van der Waals surface area contributed by atoms with Crippen molar-refractivity contribution in [3.05, 3.63) is 0 Å². The lowest BCUT2D eigenvalue weighted by molar-refractivity contribution is -0.396. The molecule has 5 amide bonds. The van der Waals surface area contributed by atoms with Crippen molar-refractivity contribution >= 4 is 123 Å². The van der Waals surface area contributed by atoms with E-state index >= 15 is 0 Å². The zero-order valence-electron chi connectivity index (χ0n) is 74.2. The molecule has 0 aliphatic heterocycles. The van der Waals surface area contributed by atoms with Gasteiger partial charge in [-0.3, -0.25) is 52.7 Å². The Morgan fingerprint density at radius 3 is 0.909 bits per heavy atom. The lowest BCUT2D eigenvalue weighted by Crippen LogP contribution is -3.00. The van der Waals surface area contributed by atoms with Crippen LogP contribution in [0.3, 0.4) is 0 Å². The molecule has 0 aromatic heterocycles. The summed E-state index contributed by atoms with van der Waals surface area (Å²) < 4.78 is 49.3. The van der Waals surface area contributed by atoms with Gasteiger partial charge in [-0.1, -0.05) is 76.7 Å². The molecule has 716 valence electrons. The first-order valence-corrected chi connectivity index (χ1v) is 38.3. The van der Waals surface area contributed by atoms with Crippen LogP contribution in [0, 0.1) is 0 Å². The molecule has 6 atom stereocenters. The Hall–Kier alpha value is -8.32. The fourth-order valence-corrected chi connectivity index (χ4v) is 6.85. The molecule has 0 spiro atoms. The molecule has 0 fully saturated rings. The maximum atomic E-state index is 12.9. The smallest absolute Gasteiger partial charge is 0.519 e. The first-order valence-electron chi connectivity index (χ1n) is 37.2. The van der Waals surface area contributed by atoms with Crippen molar-refractivity contribution < 1.29 is 224 Å². The maximum Gasteiger partial charge on any atom is 0.519 e. The average Bonchev–Trinajstić information content (AvgIpc) is 0.847.